The monoisotopic (exact) mass is 565 g/mol. The summed E-state index contributed by atoms with van der Waals surface area (Å²) < 4.78 is 24.8. The van der Waals surface area contributed by atoms with Crippen LogP contribution in [0.2, 0.25) is 5.02 Å². The Morgan fingerprint density at radius 1 is 0.950 bits per heavy atom. The Labute approximate surface area is 238 Å². The summed E-state index contributed by atoms with van der Waals surface area (Å²) in [6.07, 6.45) is 1.65. The van der Waals surface area contributed by atoms with Crippen molar-refractivity contribution in [2.24, 2.45) is 11.8 Å². The van der Waals surface area contributed by atoms with E-state index in [1.165, 1.54) is 17.7 Å². The number of aryl methyl sites for hydroxylation is 1. The van der Waals surface area contributed by atoms with Gasteiger partial charge < -0.3 is 24.6 Å². The number of likely N-dealkylation sites (tertiary alicyclic amines) is 1. The summed E-state index contributed by atoms with van der Waals surface area (Å²) in [5.74, 6) is 0.724. The van der Waals surface area contributed by atoms with Crippen molar-refractivity contribution in [1.82, 2.24) is 10.2 Å². The quantitative estimate of drug-likeness (QED) is 0.367. The molecule has 2 unspecified atom stereocenters. The third-order valence-electron chi connectivity index (χ3n) is 7.80. The molecule has 2 aliphatic rings. The normalized spacial score (nSPS) is 18.0. The number of fused-ring (bicyclic) bond motifs is 1. The highest BCUT2D eigenvalue weighted by atomic mass is 35.5. The number of nitrogens with zero attached hydrogens (tertiary/aromatic N) is 2. The molecule has 1 N–H and O–H groups in total. The van der Waals surface area contributed by atoms with Crippen molar-refractivity contribution in [2.75, 3.05) is 51.8 Å². The van der Waals surface area contributed by atoms with Crippen LogP contribution in [0.3, 0.4) is 0 Å². The van der Waals surface area contributed by atoms with Gasteiger partial charge in [-0.15, -0.1) is 0 Å². The second-order valence-corrected chi connectivity index (χ2v) is 10.7. The standard InChI is InChI=1S/C31H33ClFN3O4/c1-39-27-12-11-21(15-28(27)40-2)30(37)34-13-5-7-20-6-3-8-24(14-20)35-16-22-18-36(19-23(22)17-35)31(38)29-25(32)9-4-10-26(29)33/h3-4,6,8-12,14-15,22-23H,5,7,13,16-19H2,1-2H3,(H,34,37). The van der Waals surface area contributed by atoms with Crippen LogP contribution in [0.1, 0.15) is 32.7 Å². The molecule has 0 radical (unpaired) electrons. The summed E-state index contributed by atoms with van der Waals surface area (Å²) in [6, 6.07) is 17.9. The summed E-state index contributed by atoms with van der Waals surface area (Å²) in [4.78, 5) is 29.6. The zero-order chi connectivity index (χ0) is 28.2. The van der Waals surface area contributed by atoms with Crippen LogP contribution in [0.5, 0.6) is 11.5 Å². The molecule has 2 aliphatic heterocycles. The third kappa shape index (κ3) is 5.87. The number of ether oxygens (including phenoxy) is 2. The van der Waals surface area contributed by atoms with E-state index in [4.69, 9.17) is 21.1 Å². The van der Waals surface area contributed by atoms with Crippen molar-refractivity contribution >= 4 is 29.1 Å². The molecule has 2 amide bonds. The van der Waals surface area contributed by atoms with Crippen molar-refractivity contribution < 1.29 is 23.5 Å². The first-order valence-corrected chi connectivity index (χ1v) is 13.8. The van der Waals surface area contributed by atoms with E-state index in [1.807, 2.05) is 0 Å². The van der Waals surface area contributed by atoms with Gasteiger partial charge in [0.15, 0.2) is 11.5 Å². The van der Waals surface area contributed by atoms with Crippen LogP contribution < -0.4 is 19.7 Å². The minimum absolute atomic E-state index is 0.0337. The van der Waals surface area contributed by atoms with Crippen molar-refractivity contribution in [3.8, 4) is 11.5 Å². The second-order valence-electron chi connectivity index (χ2n) is 10.3. The molecule has 2 saturated heterocycles. The van der Waals surface area contributed by atoms with Gasteiger partial charge in [0.2, 0.25) is 0 Å². The van der Waals surface area contributed by atoms with Gasteiger partial charge in [-0.3, -0.25) is 9.59 Å². The number of amides is 2. The van der Waals surface area contributed by atoms with E-state index in [2.05, 4.69) is 34.5 Å². The van der Waals surface area contributed by atoms with E-state index in [0.717, 1.165) is 31.6 Å². The van der Waals surface area contributed by atoms with Gasteiger partial charge in [-0.1, -0.05) is 29.8 Å². The Balaban J connectivity index is 1.11. The van der Waals surface area contributed by atoms with E-state index in [0.29, 0.717) is 48.5 Å². The molecule has 7 nitrogen and oxygen atoms in total. The number of hydrogen-bond acceptors (Lipinski definition) is 5. The predicted octanol–water partition coefficient (Wildman–Crippen LogP) is 5.07. The number of benzene rings is 3. The van der Waals surface area contributed by atoms with Gasteiger partial charge in [0.25, 0.3) is 11.8 Å². The third-order valence-corrected chi connectivity index (χ3v) is 8.11. The van der Waals surface area contributed by atoms with Crippen LogP contribution in [0.15, 0.2) is 60.7 Å². The largest absolute Gasteiger partial charge is 0.493 e. The molecule has 0 bridgehead atoms. The van der Waals surface area contributed by atoms with E-state index in [-0.39, 0.29) is 22.4 Å². The molecule has 5 rings (SSSR count). The summed E-state index contributed by atoms with van der Waals surface area (Å²) in [6.45, 7) is 3.46. The molecule has 2 heterocycles. The molecular formula is C31H33ClFN3O4. The first kappa shape index (κ1) is 27.8. The summed E-state index contributed by atoms with van der Waals surface area (Å²) >= 11 is 6.13. The number of methoxy groups -OCH3 is 2. The Hall–Kier alpha value is -3.78. The summed E-state index contributed by atoms with van der Waals surface area (Å²) in [7, 11) is 3.10. The minimum atomic E-state index is -0.575. The lowest BCUT2D eigenvalue weighted by atomic mass is 10.0. The molecule has 3 aromatic rings. The van der Waals surface area contributed by atoms with Gasteiger partial charge in [0, 0.05) is 55.8 Å². The fourth-order valence-electron chi connectivity index (χ4n) is 5.71. The van der Waals surface area contributed by atoms with E-state index in [1.54, 1.807) is 43.4 Å². The van der Waals surface area contributed by atoms with Crippen molar-refractivity contribution in [3.63, 3.8) is 0 Å². The van der Waals surface area contributed by atoms with Crippen LogP contribution in [-0.4, -0.2) is 63.7 Å². The smallest absolute Gasteiger partial charge is 0.258 e. The Bertz CT molecular complexity index is 1370. The maximum Gasteiger partial charge on any atom is 0.258 e. The van der Waals surface area contributed by atoms with Crippen molar-refractivity contribution in [3.05, 3.63) is 88.2 Å². The number of rotatable bonds is 9. The zero-order valence-corrected chi connectivity index (χ0v) is 23.4. The fraction of sp³-hybridized carbons (Fsp3) is 0.355. The second kappa shape index (κ2) is 12.2. The van der Waals surface area contributed by atoms with Crippen LogP contribution in [-0.2, 0) is 6.42 Å². The number of hydrogen-bond donors (Lipinski definition) is 1. The van der Waals surface area contributed by atoms with Gasteiger partial charge in [-0.2, -0.15) is 0 Å². The molecule has 2 fully saturated rings. The van der Waals surface area contributed by atoms with Gasteiger partial charge in [0.05, 0.1) is 24.8 Å². The first-order chi connectivity index (χ1) is 19.4. The molecule has 3 aromatic carbocycles. The average molecular weight is 566 g/mol. The molecule has 40 heavy (non-hydrogen) atoms. The van der Waals surface area contributed by atoms with Gasteiger partial charge in [-0.05, 0) is 60.9 Å². The maximum atomic E-state index is 14.3. The SMILES string of the molecule is COc1ccc(C(=O)NCCCc2cccc(N3CC4CN(C(=O)c5c(F)cccc5Cl)CC4C3)c2)cc1OC. The van der Waals surface area contributed by atoms with E-state index >= 15 is 0 Å². The van der Waals surface area contributed by atoms with Crippen molar-refractivity contribution in [2.45, 2.75) is 12.8 Å². The molecule has 2 atom stereocenters. The Kier molecular flexibility index (Phi) is 8.45. The molecule has 0 spiro atoms. The van der Waals surface area contributed by atoms with Crippen LogP contribution in [0.4, 0.5) is 10.1 Å². The fourth-order valence-corrected chi connectivity index (χ4v) is 5.96. The van der Waals surface area contributed by atoms with Gasteiger partial charge >= 0.3 is 0 Å². The number of carbonyl (C=O) groups excluding carboxylic acids is 2. The number of nitrogens with one attached hydrogen (secondary N) is 1. The van der Waals surface area contributed by atoms with Gasteiger partial charge in [0.1, 0.15) is 5.82 Å². The molecule has 0 aromatic heterocycles. The van der Waals surface area contributed by atoms with E-state index in [9.17, 15) is 14.0 Å². The predicted molar refractivity (Wildman–Crippen MR) is 153 cm³/mol. The number of halogens is 2. The van der Waals surface area contributed by atoms with Crippen LogP contribution >= 0.6 is 11.6 Å². The number of anilines is 1. The zero-order valence-electron chi connectivity index (χ0n) is 22.7. The summed E-state index contributed by atoms with van der Waals surface area (Å²) in [5.41, 5.74) is 2.86. The van der Waals surface area contributed by atoms with Crippen LogP contribution in [0, 0.1) is 17.7 Å². The topological polar surface area (TPSA) is 71.1 Å². The maximum absolute atomic E-state index is 14.3. The highest BCUT2D eigenvalue weighted by Gasteiger charge is 2.42. The average Bonchev–Trinajstić information content (AvgIpc) is 3.55. The lowest BCUT2D eigenvalue weighted by Gasteiger charge is -2.24. The molecule has 9 heteroatoms. The molecular weight excluding hydrogens is 533 g/mol. The van der Waals surface area contributed by atoms with Crippen molar-refractivity contribution in [1.29, 1.82) is 0 Å². The molecule has 0 saturated carbocycles. The minimum Gasteiger partial charge on any atom is -0.493 e. The Morgan fingerprint density at radius 3 is 2.38 bits per heavy atom. The molecule has 210 valence electrons. The highest BCUT2D eigenvalue weighted by molar-refractivity contribution is 6.33. The lowest BCUT2D eigenvalue weighted by Crippen LogP contribution is -2.34. The van der Waals surface area contributed by atoms with Gasteiger partial charge in [-0.25, -0.2) is 4.39 Å². The Morgan fingerprint density at radius 2 is 1.68 bits per heavy atom. The lowest BCUT2D eigenvalue weighted by molar-refractivity contribution is 0.0777. The van der Waals surface area contributed by atoms with Crippen LogP contribution in [0.25, 0.3) is 0 Å². The highest BCUT2D eigenvalue weighted by Crippen LogP contribution is 2.36. The number of carbonyl (C=O) groups is 2. The van der Waals surface area contributed by atoms with E-state index < -0.39 is 5.82 Å². The summed E-state index contributed by atoms with van der Waals surface area (Å²) in [5, 5.41) is 3.13. The first-order valence-electron chi connectivity index (χ1n) is 13.4. The molecule has 0 aliphatic carbocycles.